The Morgan fingerprint density at radius 2 is 1.75 bits per heavy atom. The lowest BCUT2D eigenvalue weighted by molar-refractivity contribution is 0.0774. The zero-order chi connectivity index (χ0) is 22.2. The van der Waals surface area contributed by atoms with Crippen molar-refractivity contribution in [2.24, 2.45) is 0 Å². The highest BCUT2D eigenvalue weighted by atomic mass is 16.5. The summed E-state index contributed by atoms with van der Waals surface area (Å²) in [6.45, 7) is 4.99. The van der Waals surface area contributed by atoms with E-state index in [1.165, 1.54) is 5.57 Å². The molecular formula is C26H23N3O3. The first-order valence-electron chi connectivity index (χ1n) is 10.6. The first kappa shape index (κ1) is 20.0. The van der Waals surface area contributed by atoms with Gasteiger partial charge in [0.2, 0.25) is 0 Å². The maximum absolute atomic E-state index is 13.6. The number of aryl methyl sites for hydroxylation is 2. The molecule has 0 saturated carbocycles. The standard InChI is InChI=1S/C26H23N3O3/c1-16-3-5-20(6-4-16)23-15-22(24-17(2)28-32-25(24)27-23)26(31)29-13-11-19(12-14-29)18-7-9-21(30)10-8-18/h3-11,15,30H,12-14H2,1-2H3. The lowest BCUT2D eigenvalue weighted by Gasteiger charge is -2.27. The molecular weight excluding hydrogens is 402 g/mol. The normalized spacial score (nSPS) is 13.9. The Kier molecular flexibility index (Phi) is 4.98. The van der Waals surface area contributed by atoms with E-state index in [2.05, 4.69) is 16.2 Å². The molecule has 0 unspecified atom stereocenters. The summed E-state index contributed by atoms with van der Waals surface area (Å²) in [6, 6.07) is 17.1. The van der Waals surface area contributed by atoms with Crippen LogP contribution in [0.5, 0.6) is 5.75 Å². The number of hydrogen-bond donors (Lipinski definition) is 1. The van der Waals surface area contributed by atoms with E-state index in [0.717, 1.165) is 23.1 Å². The number of pyridine rings is 1. The number of carbonyl (C=O) groups is 1. The number of aromatic hydroxyl groups is 1. The Morgan fingerprint density at radius 3 is 2.44 bits per heavy atom. The average molecular weight is 425 g/mol. The molecule has 0 aliphatic carbocycles. The Labute approximate surface area is 185 Å². The van der Waals surface area contributed by atoms with Gasteiger partial charge in [-0.25, -0.2) is 4.98 Å². The Bertz CT molecular complexity index is 1340. The largest absolute Gasteiger partial charge is 0.508 e. The van der Waals surface area contributed by atoms with Crippen molar-refractivity contribution in [2.75, 3.05) is 13.1 Å². The summed E-state index contributed by atoms with van der Waals surface area (Å²) in [4.78, 5) is 20.0. The van der Waals surface area contributed by atoms with Crippen molar-refractivity contribution in [1.82, 2.24) is 15.0 Å². The van der Waals surface area contributed by atoms with Crippen molar-refractivity contribution in [1.29, 1.82) is 0 Å². The molecule has 0 fully saturated rings. The van der Waals surface area contributed by atoms with E-state index >= 15 is 0 Å². The molecule has 0 radical (unpaired) electrons. The van der Waals surface area contributed by atoms with E-state index in [4.69, 9.17) is 4.52 Å². The van der Waals surface area contributed by atoms with Crippen molar-refractivity contribution in [2.45, 2.75) is 20.3 Å². The number of rotatable bonds is 3. The molecule has 2 aromatic carbocycles. The minimum absolute atomic E-state index is 0.0573. The zero-order valence-corrected chi connectivity index (χ0v) is 18.0. The quantitative estimate of drug-likeness (QED) is 0.492. The van der Waals surface area contributed by atoms with Gasteiger partial charge >= 0.3 is 0 Å². The fraction of sp³-hybridized carbons (Fsp3) is 0.192. The predicted octanol–water partition coefficient (Wildman–Crippen LogP) is 5.14. The molecule has 32 heavy (non-hydrogen) atoms. The molecule has 0 spiro atoms. The van der Waals surface area contributed by atoms with Crippen LogP contribution >= 0.6 is 0 Å². The second-order valence-corrected chi connectivity index (χ2v) is 8.15. The monoisotopic (exact) mass is 425 g/mol. The molecule has 1 amide bonds. The van der Waals surface area contributed by atoms with Crippen molar-refractivity contribution >= 4 is 22.6 Å². The fourth-order valence-electron chi connectivity index (χ4n) is 4.10. The van der Waals surface area contributed by atoms with Gasteiger partial charge < -0.3 is 14.5 Å². The van der Waals surface area contributed by atoms with Crippen molar-refractivity contribution < 1.29 is 14.4 Å². The smallest absolute Gasteiger partial charge is 0.259 e. The van der Waals surface area contributed by atoms with Gasteiger partial charge in [-0.1, -0.05) is 53.2 Å². The van der Waals surface area contributed by atoms with E-state index in [1.807, 2.05) is 61.2 Å². The number of fused-ring (bicyclic) bond motifs is 1. The van der Waals surface area contributed by atoms with Gasteiger partial charge in [-0.05, 0) is 49.6 Å². The number of hydrogen-bond acceptors (Lipinski definition) is 5. The van der Waals surface area contributed by atoms with Gasteiger partial charge in [0.05, 0.1) is 22.3 Å². The molecule has 3 heterocycles. The fourth-order valence-corrected chi connectivity index (χ4v) is 4.10. The molecule has 0 atom stereocenters. The van der Waals surface area contributed by atoms with E-state index in [0.29, 0.717) is 41.1 Å². The summed E-state index contributed by atoms with van der Waals surface area (Å²) in [5.74, 6) is 0.190. The minimum Gasteiger partial charge on any atom is -0.508 e. The summed E-state index contributed by atoms with van der Waals surface area (Å²) >= 11 is 0. The molecule has 5 rings (SSSR count). The van der Waals surface area contributed by atoms with Crippen LogP contribution in [-0.4, -0.2) is 39.1 Å². The Balaban J connectivity index is 1.48. The highest BCUT2D eigenvalue weighted by Crippen LogP contribution is 2.30. The van der Waals surface area contributed by atoms with Crippen LogP contribution in [0.3, 0.4) is 0 Å². The molecule has 0 saturated heterocycles. The third-order valence-electron chi connectivity index (χ3n) is 5.93. The van der Waals surface area contributed by atoms with Gasteiger partial charge in [-0.3, -0.25) is 4.79 Å². The zero-order valence-electron chi connectivity index (χ0n) is 18.0. The van der Waals surface area contributed by atoms with Crippen molar-refractivity contribution in [3.8, 4) is 17.0 Å². The van der Waals surface area contributed by atoms with Crippen LogP contribution in [0.25, 0.3) is 27.9 Å². The highest BCUT2D eigenvalue weighted by Gasteiger charge is 2.25. The number of phenols is 1. The van der Waals surface area contributed by atoms with Crippen LogP contribution in [0, 0.1) is 13.8 Å². The number of carbonyl (C=O) groups excluding carboxylic acids is 1. The molecule has 160 valence electrons. The van der Waals surface area contributed by atoms with E-state index < -0.39 is 0 Å². The lowest BCUT2D eigenvalue weighted by Crippen LogP contribution is -2.34. The SMILES string of the molecule is Cc1ccc(-c2cc(C(=O)N3CC=C(c4ccc(O)cc4)CC3)c3c(C)noc3n2)cc1. The topological polar surface area (TPSA) is 79.5 Å². The summed E-state index contributed by atoms with van der Waals surface area (Å²) < 4.78 is 5.43. The first-order valence-corrected chi connectivity index (χ1v) is 10.6. The van der Waals surface area contributed by atoms with Gasteiger partial charge in [0.15, 0.2) is 0 Å². The van der Waals surface area contributed by atoms with Gasteiger partial charge in [0.1, 0.15) is 5.75 Å². The number of phenolic OH excluding ortho intramolecular Hbond substituents is 1. The molecule has 1 aliphatic heterocycles. The first-order chi connectivity index (χ1) is 15.5. The van der Waals surface area contributed by atoms with E-state index in [-0.39, 0.29) is 11.7 Å². The maximum atomic E-state index is 13.6. The van der Waals surface area contributed by atoms with Crippen LogP contribution in [0.1, 0.15) is 33.6 Å². The molecule has 1 N–H and O–H groups in total. The van der Waals surface area contributed by atoms with Crippen LogP contribution < -0.4 is 0 Å². The molecule has 2 aromatic heterocycles. The van der Waals surface area contributed by atoms with Crippen LogP contribution in [0.15, 0.2) is 65.2 Å². The second kappa shape index (κ2) is 7.96. The van der Waals surface area contributed by atoms with E-state index in [9.17, 15) is 9.90 Å². The number of amides is 1. The number of nitrogens with zero attached hydrogens (tertiary/aromatic N) is 3. The van der Waals surface area contributed by atoms with Gasteiger partial charge in [-0.2, -0.15) is 0 Å². The lowest BCUT2D eigenvalue weighted by atomic mass is 9.98. The number of benzene rings is 2. The van der Waals surface area contributed by atoms with Gasteiger partial charge in [0.25, 0.3) is 11.6 Å². The molecule has 4 aromatic rings. The summed E-state index contributed by atoms with van der Waals surface area (Å²) in [7, 11) is 0. The molecule has 0 bridgehead atoms. The Morgan fingerprint density at radius 1 is 1.03 bits per heavy atom. The third-order valence-corrected chi connectivity index (χ3v) is 5.93. The summed E-state index contributed by atoms with van der Waals surface area (Å²) in [5, 5.41) is 14.2. The van der Waals surface area contributed by atoms with Crippen LogP contribution in [0.4, 0.5) is 0 Å². The maximum Gasteiger partial charge on any atom is 0.259 e. The number of aromatic nitrogens is 2. The molecule has 6 nitrogen and oxygen atoms in total. The van der Waals surface area contributed by atoms with E-state index in [1.54, 1.807) is 12.1 Å². The highest BCUT2D eigenvalue weighted by molar-refractivity contribution is 6.07. The average Bonchev–Trinajstić information content (AvgIpc) is 3.20. The molecule has 6 heteroatoms. The predicted molar refractivity (Wildman–Crippen MR) is 123 cm³/mol. The minimum atomic E-state index is -0.0573. The van der Waals surface area contributed by atoms with Crippen molar-refractivity contribution in [3.05, 3.63) is 83.1 Å². The van der Waals surface area contributed by atoms with Crippen molar-refractivity contribution in [3.63, 3.8) is 0 Å². The van der Waals surface area contributed by atoms with Crippen LogP contribution in [-0.2, 0) is 0 Å². The summed E-state index contributed by atoms with van der Waals surface area (Å²) in [6.07, 6.45) is 2.83. The second-order valence-electron chi connectivity index (χ2n) is 8.15. The van der Waals surface area contributed by atoms with Gasteiger partial charge in [0, 0.05) is 18.7 Å². The molecule has 1 aliphatic rings. The Hall–Kier alpha value is -3.93. The van der Waals surface area contributed by atoms with Gasteiger partial charge in [-0.15, -0.1) is 0 Å². The summed E-state index contributed by atoms with van der Waals surface area (Å²) in [5.41, 5.74) is 6.61. The van der Waals surface area contributed by atoms with Crippen LogP contribution in [0.2, 0.25) is 0 Å². The third kappa shape index (κ3) is 3.64.